The molecule has 1 nitrogen and oxygen atoms in total. The first-order valence-electron chi connectivity index (χ1n) is 5.97. The molecule has 0 heterocycles. The minimum atomic E-state index is -0.0295. The molecule has 2 aromatic carbocycles. The van der Waals surface area contributed by atoms with Crippen LogP contribution in [0.4, 0.5) is 0 Å². The molecule has 0 aliphatic heterocycles. The summed E-state index contributed by atoms with van der Waals surface area (Å²) in [5, 5.41) is 0.505. The van der Waals surface area contributed by atoms with Crippen LogP contribution in [0, 0.1) is 20.8 Å². The van der Waals surface area contributed by atoms with Gasteiger partial charge < -0.3 is 0 Å². The molecule has 0 spiro atoms. The van der Waals surface area contributed by atoms with Gasteiger partial charge in [-0.3, -0.25) is 4.79 Å². The Bertz CT molecular complexity index is 662. The van der Waals surface area contributed by atoms with Crippen LogP contribution in [0.2, 0.25) is 5.02 Å². The summed E-state index contributed by atoms with van der Waals surface area (Å²) >= 11 is 9.64. The molecule has 98 valence electrons. The second-order valence-corrected chi connectivity index (χ2v) is 5.99. The second kappa shape index (κ2) is 5.48. The highest BCUT2D eigenvalue weighted by molar-refractivity contribution is 9.10. The van der Waals surface area contributed by atoms with Gasteiger partial charge in [-0.25, -0.2) is 0 Å². The molecule has 3 heteroatoms. The van der Waals surface area contributed by atoms with Crippen molar-refractivity contribution < 1.29 is 4.79 Å². The fraction of sp³-hybridized carbons (Fsp3) is 0.188. The van der Waals surface area contributed by atoms with Gasteiger partial charge in [-0.1, -0.05) is 33.6 Å². The van der Waals surface area contributed by atoms with E-state index in [1.165, 1.54) is 0 Å². The third-order valence-corrected chi connectivity index (χ3v) is 4.29. The summed E-state index contributed by atoms with van der Waals surface area (Å²) in [5.41, 5.74) is 4.28. The van der Waals surface area contributed by atoms with Crippen LogP contribution in [0.3, 0.4) is 0 Å². The van der Waals surface area contributed by atoms with Gasteiger partial charge in [0.1, 0.15) is 0 Å². The minimum absolute atomic E-state index is 0.0295. The van der Waals surface area contributed by atoms with Crippen LogP contribution in [0.25, 0.3) is 0 Å². The highest BCUT2D eigenvalue weighted by atomic mass is 79.9. The number of hydrogen-bond donors (Lipinski definition) is 0. The van der Waals surface area contributed by atoms with Crippen LogP contribution in [0.5, 0.6) is 0 Å². The van der Waals surface area contributed by atoms with E-state index in [0.29, 0.717) is 16.1 Å². The predicted octanol–water partition coefficient (Wildman–Crippen LogP) is 5.26. The van der Waals surface area contributed by atoms with Crippen molar-refractivity contribution in [3.05, 3.63) is 67.6 Å². The van der Waals surface area contributed by atoms with Gasteiger partial charge in [0, 0.05) is 15.6 Å². The maximum Gasteiger partial charge on any atom is 0.194 e. The smallest absolute Gasteiger partial charge is 0.194 e. The van der Waals surface area contributed by atoms with Gasteiger partial charge in [-0.15, -0.1) is 0 Å². The summed E-state index contributed by atoms with van der Waals surface area (Å²) < 4.78 is 1.01. The number of benzene rings is 2. The first-order chi connectivity index (χ1) is 8.90. The number of ketones is 1. The molecular weight excluding hydrogens is 324 g/mol. The summed E-state index contributed by atoms with van der Waals surface area (Å²) in [5.74, 6) is -0.0295. The van der Waals surface area contributed by atoms with E-state index in [4.69, 9.17) is 11.6 Å². The molecule has 19 heavy (non-hydrogen) atoms. The molecule has 0 unspecified atom stereocenters. The van der Waals surface area contributed by atoms with Crippen LogP contribution < -0.4 is 0 Å². The van der Waals surface area contributed by atoms with Crippen molar-refractivity contribution in [2.75, 3.05) is 0 Å². The summed E-state index contributed by atoms with van der Waals surface area (Å²) in [4.78, 5) is 12.6. The lowest BCUT2D eigenvalue weighted by Gasteiger charge is -2.10. The highest BCUT2D eigenvalue weighted by Gasteiger charge is 2.16. The van der Waals surface area contributed by atoms with Gasteiger partial charge in [-0.2, -0.15) is 0 Å². The summed E-state index contributed by atoms with van der Waals surface area (Å²) in [6, 6.07) is 9.37. The van der Waals surface area contributed by atoms with Gasteiger partial charge in [0.25, 0.3) is 0 Å². The Morgan fingerprint density at radius 3 is 2.32 bits per heavy atom. The maximum absolute atomic E-state index is 12.6. The zero-order valence-electron chi connectivity index (χ0n) is 11.1. The lowest BCUT2D eigenvalue weighted by atomic mass is 9.97. The van der Waals surface area contributed by atoms with E-state index < -0.39 is 0 Å². The van der Waals surface area contributed by atoms with E-state index in [0.717, 1.165) is 21.2 Å². The standard InChI is InChI=1S/C16H14BrClO/c1-9-4-5-12(15(18)6-9)16(19)13-7-11(3)14(17)8-10(13)2/h4-8H,1-3H3. The summed E-state index contributed by atoms with van der Waals surface area (Å²) in [6.45, 7) is 5.85. The number of hydrogen-bond acceptors (Lipinski definition) is 1. The van der Waals surface area contributed by atoms with Crippen LogP contribution in [-0.2, 0) is 0 Å². The Morgan fingerprint density at radius 1 is 1.00 bits per heavy atom. The molecule has 0 atom stereocenters. The van der Waals surface area contributed by atoms with E-state index in [1.807, 2.05) is 45.0 Å². The number of rotatable bonds is 2. The molecule has 0 saturated carbocycles. The Morgan fingerprint density at radius 2 is 1.68 bits per heavy atom. The molecule has 0 aromatic heterocycles. The summed E-state index contributed by atoms with van der Waals surface area (Å²) in [7, 11) is 0. The average molecular weight is 338 g/mol. The molecule has 0 N–H and O–H groups in total. The SMILES string of the molecule is Cc1ccc(C(=O)c2cc(C)c(Br)cc2C)c(Cl)c1. The third kappa shape index (κ3) is 2.90. The van der Waals surface area contributed by atoms with E-state index >= 15 is 0 Å². The van der Waals surface area contributed by atoms with E-state index in [-0.39, 0.29) is 5.78 Å². The molecule has 0 amide bonds. The molecule has 0 aliphatic rings. The van der Waals surface area contributed by atoms with Crippen molar-refractivity contribution >= 4 is 33.3 Å². The first kappa shape index (κ1) is 14.3. The molecule has 2 rings (SSSR count). The van der Waals surface area contributed by atoms with E-state index in [2.05, 4.69) is 15.9 Å². The van der Waals surface area contributed by atoms with E-state index in [1.54, 1.807) is 6.07 Å². The zero-order chi connectivity index (χ0) is 14.2. The fourth-order valence-electron chi connectivity index (χ4n) is 1.97. The van der Waals surface area contributed by atoms with Gasteiger partial charge in [0.05, 0.1) is 5.02 Å². The number of carbonyl (C=O) groups excluding carboxylic acids is 1. The molecule has 0 saturated heterocycles. The Balaban J connectivity index is 2.53. The molecule has 2 aromatic rings. The molecule has 0 fully saturated rings. The second-order valence-electron chi connectivity index (χ2n) is 4.73. The highest BCUT2D eigenvalue weighted by Crippen LogP contribution is 2.26. The maximum atomic E-state index is 12.6. The van der Waals surface area contributed by atoms with Crippen molar-refractivity contribution in [2.45, 2.75) is 20.8 Å². The number of aryl methyl sites for hydroxylation is 3. The van der Waals surface area contributed by atoms with Crippen LogP contribution >= 0.6 is 27.5 Å². The van der Waals surface area contributed by atoms with Crippen LogP contribution in [0.1, 0.15) is 32.6 Å². The van der Waals surface area contributed by atoms with Crippen molar-refractivity contribution in [1.29, 1.82) is 0 Å². The van der Waals surface area contributed by atoms with Gasteiger partial charge in [0.15, 0.2) is 5.78 Å². The quantitative estimate of drug-likeness (QED) is 0.683. The van der Waals surface area contributed by atoms with Crippen LogP contribution in [0.15, 0.2) is 34.8 Å². The lowest BCUT2D eigenvalue weighted by molar-refractivity contribution is 0.103. The fourth-order valence-corrected chi connectivity index (χ4v) is 2.75. The third-order valence-electron chi connectivity index (χ3n) is 3.12. The molecule has 0 radical (unpaired) electrons. The predicted molar refractivity (Wildman–Crippen MR) is 83.2 cm³/mol. The molecule has 0 bridgehead atoms. The Labute approximate surface area is 126 Å². The van der Waals surface area contributed by atoms with Crippen molar-refractivity contribution in [1.82, 2.24) is 0 Å². The Hall–Kier alpha value is -1.12. The van der Waals surface area contributed by atoms with Crippen molar-refractivity contribution in [2.24, 2.45) is 0 Å². The molecule has 0 aliphatic carbocycles. The average Bonchev–Trinajstić information content (AvgIpc) is 2.33. The molecular formula is C16H14BrClO. The van der Waals surface area contributed by atoms with E-state index in [9.17, 15) is 4.79 Å². The largest absolute Gasteiger partial charge is 0.289 e. The van der Waals surface area contributed by atoms with Gasteiger partial charge in [0.2, 0.25) is 0 Å². The lowest BCUT2D eigenvalue weighted by Crippen LogP contribution is -2.05. The monoisotopic (exact) mass is 336 g/mol. The van der Waals surface area contributed by atoms with Crippen LogP contribution in [-0.4, -0.2) is 5.78 Å². The number of carbonyl (C=O) groups is 1. The minimum Gasteiger partial charge on any atom is -0.289 e. The first-order valence-corrected chi connectivity index (χ1v) is 7.15. The topological polar surface area (TPSA) is 17.1 Å². The Kier molecular flexibility index (Phi) is 4.12. The summed E-state index contributed by atoms with van der Waals surface area (Å²) in [6.07, 6.45) is 0. The van der Waals surface area contributed by atoms with Crippen molar-refractivity contribution in [3.63, 3.8) is 0 Å². The normalized spacial score (nSPS) is 10.6. The number of halogens is 2. The van der Waals surface area contributed by atoms with Gasteiger partial charge in [-0.05, 0) is 61.7 Å². The van der Waals surface area contributed by atoms with Crippen molar-refractivity contribution in [3.8, 4) is 0 Å². The zero-order valence-corrected chi connectivity index (χ0v) is 13.4. The van der Waals surface area contributed by atoms with Gasteiger partial charge >= 0.3 is 0 Å².